The van der Waals surface area contributed by atoms with Crippen LogP contribution in [0.2, 0.25) is 0 Å². The lowest BCUT2D eigenvalue weighted by molar-refractivity contribution is 1.47. The van der Waals surface area contributed by atoms with E-state index >= 15 is 0 Å². The lowest BCUT2D eigenvalue weighted by atomic mass is 9.83. The Kier molecular flexibility index (Phi) is 5.48. The molecule has 0 unspecified atom stereocenters. The van der Waals surface area contributed by atoms with Crippen molar-refractivity contribution in [2.75, 3.05) is 0 Å². The first-order chi connectivity index (χ1) is 20.7. The molecular weight excluding hydrogens is 508 g/mol. The molecule has 0 saturated carbocycles. The monoisotopic (exact) mass is 536 g/mol. The molecule has 0 radical (unpaired) electrons. The lowest BCUT2D eigenvalue weighted by Gasteiger charge is -2.20. The van der Waals surface area contributed by atoms with Crippen molar-refractivity contribution < 1.29 is 0 Å². The Labute approximate surface area is 244 Å². The summed E-state index contributed by atoms with van der Waals surface area (Å²) in [6.07, 6.45) is 0. The van der Waals surface area contributed by atoms with Crippen molar-refractivity contribution in [2.24, 2.45) is 0 Å². The van der Waals surface area contributed by atoms with Gasteiger partial charge in [0.25, 0.3) is 0 Å². The number of benzene rings is 6. The number of para-hydroxylation sites is 4. The zero-order chi connectivity index (χ0) is 28.2. The number of fused-ring (bicyclic) bond motifs is 6. The van der Waals surface area contributed by atoms with E-state index in [4.69, 9.17) is 13.2 Å². The molecule has 0 fully saturated rings. The van der Waals surface area contributed by atoms with Crippen molar-refractivity contribution >= 4 is 54.8 Å². The minimum atomic E-state index is 0.963. The number of rotatable bonds is 5. The number of hydrogen-bond acceptors (Lipinski definition) is 0. The first-order valence-corrected chi connectivity index (χ1v) is 14.3. The molecule has 0 aliphatic carbocycles. The third kappa shape index (κ3) is 3.66. The first kappa shape index (κ1) is 24.2. The molecule has 2 heteroatoms. The van der Waals surface area contributed by atoms with Crippen LogP contribution in [0, 0.1) is 0 Å². The Morgan fingerprint density at radius 1 is 0.405 bits per heavy atom. The predicted molar refractivity (Wildman–Crippen MR) is 180 cm³/mol. The molecule has 6 aromatic carbocycles. The van der Waals surface area contributed by atoms with Crippen molar-refractivity contribution in [2.45, 2.75) is 0 Å². The maximum Gasteiger partial charge on any atom is 0.0544 e. The van der Waals surface area contributed by atoms with Crippen molar-refractivity contribution in [1.29, 1.82) is 0 Å². The number of aromatic amines is 2. The predicted octanol–water partition coefficient (Wildman–Crippen LogP) is 10.7. The summed E-state index contributed by atoms with van der Waals surface area (Å²) in [5.41, 5.74) is 13.0. The molecule has 2 N–H and O–H groups in total. The van der Waals surface area contributed by atoms with Crippen molar-refractivity contribution in [1.82, 2.24) is 9.97 Å². The highest BCUT2D eigenvalue weighted by molar-refractivity contribution is 6.14. The second-order valence-corrected chi connectivity index (χ2v) is 10.8. The van der Waals surface area contributed by atoms with Crippen LogP contribution in [0.4, 0.5) is 0 Å². The van der Waals surface area contributed by atoms with Gasteiger partial charge in [0.1, 0.15) is 0 Å². The van der Waals surface area contributed by atoms with E-state index in [1.54, 1.807) is 0 Å². The molecule has 2 aromatic heterocycles. The van der Waals surface area contributed by atoms with E-state index in [1.165, 1.54) is 21.5 Å². The summed E-state index contributed by atoms with van der Waals surface area (Å²) in [6, 6.07) is 47.0. The standard InChI is InChI=1S/C40H28N2/c1-25(29-18-11-21-34-32-15-6-8-23-36(32)41-39(29)34)28-17-10-20-31(27-13-4-3-5-14-27)38(28)26(2)30-19-12-22-35-33-16-7-9-24-37(33)42-40(30)35/h3-24,41-42H,1-2H2. The summed E-state index contributed by atoms with van der Waals surface area (Å²) in [5.74, 6) is 0. The Balaban J connectivity index is 1.38. The topological polar surface area (TPSA) is 31.6 Å². The van der Waals surface area contributed by atoms with E-state index < -0.39 is 0 Å². The fourth-order valence-corrected chi connectivity index (χ4v) is 6.52. The molecule has 42 heavy (non-hydrogen) atoms. The van der Waals surface area contributed by atoms with Gasteiger partial charge in [-0.3, -0.25) is 0 Å². The maximum atomic E-state index is 4.77. The van der Waals surface area contributed by atoms with Crippen LogP contribution in [0.3, 0.4) is 0 Å². The Morgan fingerprint density at radius 2 is 0.881 bits per heavy atom. The molecule has 2 nitrogen and oxygen atoms in total. The lowest BCUT2D eigenvalue weighted by Crippen LogP contribution is -2.00. The molecular formula is C40H28N2. The number of hydrogen-bond donors (Lipinski definition) is 2. The van der Waals surface area contributed by atoms with Gasteiger partial charge < -0.3 is 9.97 Å². The molecule has 198 valence electrons. The van der Waals surface area contributed by atoms with Crippen LogP contribution in [-0.2, 0) is 0 Å². The zero-order valence-electron chi connectivity index (χ0n) is 23.1. The van der Waals surface area contributed by atoms with Crippen LogP contribution in [0.1, 0.15) is 22.3 Å². The average Bonchev–Trinajstić information content (AvgIpc) is 3.63. The molecule has 0 atom stereocenters. The molecule has 8 aromatic rings. The highest BCUT2D eigenvalue weighted by Gasteiger charge is 2.21. The summed E-state index contributed by atoms with van der Waals surface area (Å²) in [6.45, 7) is 9.48. The van der Waals surface area contributed by atoms with Crippen molar-refractivity contribution in [3.8, 4) is 11.1 Å². The van der Waals surface area contributed by atoms with E-state index in [-0.39, 0.29) is 0 Å². The van der Waals surface area contributed by atoms with E-state index in [1.807, 2.05) is 0 Å². The normalized spacial score (nSPS) is 11.5. The molecule has 0 saturated heterocycles. The van der Waals surface area contributed by atoms with Gasteiger partial charge >= 0.3 is 0 Å². The van der Waals surface area contributed by atoms with E-state index in [2.05, 4.69) is 143 Å². The summed E-state index contributed by atoms with van der Waals surface area (Å²) < 4.78 is 0. The van der Waals surface area contributed by atoms with Crippen LogP contribution < -0.4 is 0 Å². The van der Waals surface area contributed by atoms with Gasteiger partial charge in [-0.2, -0.15) is 0 Å². The van der Waals surface area contributed by atoms with E-state index in [0.29, 0.717) is 0 Å². The Bertz CT molecular complexity index is 2330. The van der Waals surface area contributed by atoms with Crippen LogP contribution >= 0.6 is 0 Å². The fraction of sp³-hybridized carbons (Fsp3) is 0. The SMILES string of the molecule is C=C(c1cccc(-c2ccccc2)c1C(=C)c1cccc2c1[nH]c1ccccc12)c1cccc2c1[nH]c1ccccc12. The van der Waals surface area contributed by atoms with Crippen LogP contribution in [0.5, 0.6) is 0 Å². The highest BCUT2D eigenvalue weighted by atomic mass is 14.7. The van der Waals surface area contributed by atoms with Crippen LogP contribution in [0.15, 0.2) is 147 Å². The summed E-state index contributed by atoms with van der Waals surface area (Å²) >= 11 is 0. The van der Waals surface area contributed by atoms with E-state index in [0.717, 1.165) is 66.6 Å². The summed E-state index contributed by atoms with van der Waals surface area (Å²) in [7, 11) is 0. The van der Waals surface area contributed by atoms with Crippen LogP contribution in [0.25, 0.3) is 65.9 Å². The third-order valence-corrected chi connectivity index (χ3v) is 8.51. The van der Waals surface area contributed by atoms with Crippen molar-refractivity contribution in [3.05, 3.63) is 169 Å². The van der Waals surface area contributed by atoms with Gasteiger partial charge in [0.15, 0.2) is 0 Å². The fourth-order valence-electron chi connectivity index (χ4n) is 6.52. The van der Waals surface area contributed by atoms with Gasteiger partial charge in [0.2, 0.25) is 0 Å². The first-order valence-electron chi connectivity index (χ1n) is 14.3. The van der Waals surface area contributed by atoms with Gasteiger partial charge in [-0.25, -0.2) is 0 Å². The quantitative estimate of drug-likeness (QED) is 0.219. The minimum absolute atomic E-state index is 0.963. The maximum absolute atomic E-state index is 4.77. The van der Waals surface area contributed by atoms with Gasteiger partial charge in [-0.1, -0.05) is 134 Å². The second kappa shape index (κ2) is 9.50. The van der Waals surface area contributed by atoms with Crippen molar-refractivity contribution in [3.63, 3.8) is 0 Å². The highest BCUT2D eigenvalue weighted by Crippen LogP contribution is 2.42. The molecule has 2 heterocycles. The number of aromatic nitrogens is 2. The van der Waals surface area contributed by atoms with Crippen LogP contribution in [-0.4, -0.2) is 9.97 Å². The Hall–Kier alpha value is -5.60. The molecule has 0 amide bonds. The zero-order valence-corrected chi connectivity index (χ0v) is 23.1. The van der Waals surface area contributed by atoms with Gasteiger partial charge in [0, 0.05) is 43.7 Å². The van der Waals surface area contributed by atoms with E-state index in [9.17, 15) is 0 Å². The van der Waals surface area contributed by atoms with Gasteiger partial charge in [-0.15, -0.1) is 0 Å². The second-order valence-electron chi connectivity index (χ2n) is 10.8. The molecule has 0 bridgehead atoms. The molecule has 8 rings (SSSR count). The molecule has 0 aliphatic rings. The average molecular weight is 537 g/mol. The van der Waals surface area contributed by atoms with Gasteiger partial charge in [0.05, 0.1) is 11.0 Å². The molecule has 0 aliphatic heterocycles. The molecule has 0 spiro atoms. The van der Waals surface area contributed by atoms with Gasteiger partial charge in [-0.05, 0) is 45.5 Å². The smallest absolute Gasteiger partial charge is 0.0544 e. The summed E-state index contributed by atoms with van der Waals surface area (Å²) in [5, 5.41) is 4.83. The largest absolute Gasteiger partial charge is 0.354 e. The Morgan fingerprint density at radius 3 is 1.50 bits per heavy atom. The number of H-pyrrole nitrogens is 2. The number of nitrogens with one attached hydrogen (secondary N) is 2. The summed E-state index contributed by atoms with van der Waals surface area (Å²) in [4.78, 5) is 7.36. The minimum Gasteiger partial charge on any atom is -0.354 e. The third-order valence-electron chi connectivity index (χ3n) is 8.51.